The summed E-state index contributed by atoms with van der Waals surface area (Å²) in [4.78, 5) is 36.1. The number of hydrogen-bond acceptors (Lipinski definition) is 4. The smallest absolute Gasteiger partial charge is 0.240 e. The van der Waals surface area contributed by atoms with Gasteiger partial charge in [0.25, 0.3) is 0 Å². The van der Waals surface area contributed by atoms with Crippen LogP contribution in [-0.4, -0.2) is 41.8 Å². The second-order valence-corrected chi connectivity index (χ2v) is 6.09. The van der Waals surface area contributed by atoms with Gasteiger partial charge in [-0.25, -0.2) is 0 Å². The van der Waals surface area contributed by atoms with Gasteiger partial charge in [0.2, 0.25) is 17.7 Å². The molecule has 1 N–H and O–H groups in total. The molecule has 1 aromatic rings. The number of ether oxygens (including phenoxy) is 1. The number of carbonyl (C=O) groups excluding carboxylic acids is 3. The largest absolute Gasteiger partial charge is 0.493 e. The van der Waals surface area contributed by atoms with Crippen molar-refractivity contribution >= 4 is 17.7 Å². The molecule has 3 rings (SSSR count). The van der Waals surface area contributed by atoms with Crippen molar-refractivity contribution in [2.75, 3.05) is 13.2 Å². The zero-order chi connectivity index (χ0) is 16.4. The third kappa shape index (κ3) is 3.52. The average molecular weight is 316 g/mol. The second-order valence-electron chi connectivity index (χ2n) is 6.09. The van der Waals surface area contributed by atoms with Crippen molar-refractivity contribution in [2.45, 2.75) is 38.6 Å². The standard InChI is InChI=1S/C17H20N2O4/c1-11(8-12-2-3-14-13(9-12)6-7-23-14)18-15(20)10-19-16(21)4-5-17(19)22/h2-3,9,11H,4-8,10H2,1H3,(H,18,20)/t11-/m0/s1. The Morgan fingerprint density at radius 2 is 2.00 bits per heavy atom. The zero-order valence-corrected chi connectivity index (χ0v) is 13.1. The third-order valence-corrected chi connectivity index (χ3v) is 4.16. The molecule has 122 valence electrons. The first kappa shape index (κ1) is 15.5. The maximum Gasteiger partial charge on any atom is 0.240 e. The zero-order valence-electron chi connectivity index (χ0n) is 13.1. The summed E-state index contributed by atoms with van der Waals surface area (Å²) in [5, 5.41) is 2.85. The lowest BCUT2D eigenvalue weighted by Gasteiger charge is -2.17. The van der Waals surface area contributed by atoms with Crippen LogP contribution in [0.1, 0.15) is 30.9 Å². The van der Waals surface area contributed by atoms with Crippen LogP contribution in [0.3, 0.4) is 0 Å². The molecule has 6 nitrogen and oxygen atoms in total. The lowest BCUT2D eigenvalue weighted by molar-refractivity contribution is -0.142. The molecule has 0 aliphatic carbocycles. The third-order valence-electron chi connectivity index (χ3n) is 4.16. The van der Waals surface area contributed by atoms with Gasteiger partial charge in [0.1, 0.15) is 12.3 Å². The van der Waals surface area contributed by atoms with E-state index in [2.05, 4.69) is 11.4 Å². The fourth-order valence-corrected chi connectivity index (χ4v) is 3.03. The number of amides is 3. The number of nitrogens with zero attached hydrogens (tertiary/aromatic N) is 1. The highest BCUT2D eigenvalue weighted by Crippen LogP contribution is 2.26. The predicted molar refractivity (Wildman–Crippen MR) is 82.9 cm³/mol. The topological polar surface area (TPSA) is 75.7 Å². The van der Waals surface area contributed by atoms with Crippen LogP contribution < -0.4 is 10.1 Å². The Hall–Kier alpha value is -2.37. The minimum atomic E-state index is -0.300. The molecule has 0 saturated carbocycles. The van der Waals surface area contributed by atoms with Gasteiger partial charge in [-0.2, -0.15) is 0 Å². The molecule has 0 unspecified atom stereocenters. The number of benzene rings is 1. The van der Waals surface area contributed by atoms with Gasteiger partial charge >= 0.3 is 0 Å². The fourth-order valence-electron chi connectivity index (χ4n) is 3.03. The Balaban J connectivity index is 1.52. The highest BCUT2D eigenvalue weighted by Gasteiger charge is 2.30. The van der Waals surface area contributed by atoms with Crippen LogP contribution in [0, 0.1) is 0 Å². The summed E-state index contributed by atoms with van der Waals surface area (Å²) in [5.74, 6) is 0.106. The van der Waals surface area contributed by atoms with Crippen molar-refractivity contribution in [2.24, 2.45) is 0 Å². The highest BCUT2D eigenvalue weighted by molar-refractivity contribution is 6.04. The minimum Gasteiger partial charge on any atom is -0.493 e. The molecule has 2 aliphatic rings. The summed E-state index contributed by atoms with van der Waals surface area (Å²) in [6, 6.07) is 6.00. The van der Waals surface area contributed by atoms with Crippen molar-refractivity contribution in [3.63, 3.8) is 0 Å². The molecule has 2 heterocycles. The molecule has 3 amide bonds. The number of fused-ring (bicyclic) bond motifs is 1. The van der Waals surface area contributed by atoms with E-state index in [0.29, 0.717) is 6.42 Å². The Labute approximate surface area is 134 Å². The van der Waals surface area contributed by atoms with Crippen molar-refractivity contribution in [3.8, 4) is 5.75 Å². The van der Waals surface area contributed by atoms with E-state index < -0.39 is 0 Å². The maximum absolute atomic E-state index is 12.0. The number of nitrogens with one attached hydrogen (secondary N) is 1. The molecular weight excluding hydrogens is 296 g/mol. The van der Waals surface area contributed by atoms with E-state index in [1.807, 2.05) is 19.1 Å². The molecule has 0 spiro atoms. The van der Waals surface area contributed by atoms with Gasteiger partial charge in [0.05, 0.1) is 6.61 Å². The van der Waals surface area contributed by atoms with Gasteiger partial charge in [-0.3, -0.25) is 19.3 Å². The Morgan fingerprint density at radius 3 is 2.74 bits per heavy atom. The Morgan fingerprint density at radius 1 is 1.26 bits per heavy atom. The molecule has 0 radical (unpaired) electrons. The van der Waals surface area contributed by atoms with E-state index in [1.54, 1.807) is 0 Å². The monoisotopic (exact) mass is 316 g/mol. The second kappa shape index (κ2) is 6.40. The Kier molecular flexibility index (Phi) is 4.32. The quantitative estimate of drug-likeness (QED) is 0.816. The first-order valence-corrected chi connectivity index (χ1v) is 7.90. The molecule has 1 fully saturated rings. The van der Waals surface area contributed by atoms with Crippen LogP contribution in [-0.2, 0) is 27.2 Å². The number of hydrogen-bond donors (Lipinski definition) is 1. The number of likely N-dealkylation sites (tertiary alicyclic amines) is 1. The van der Waals surface area contributed by atoms with Crippen LogP contribution >= 0.6 is 0 Å². The van der Waals surface area contributed by atoms with Crippen molar-refractivity contribution in [1.29, 1.82) is 0 Å². The van der Waals surface area contributed by atoms with E-state index in [-0.39, 0.29) is 43.1 Å². The highest BCUT2D eigenvalue weighted by atomic mass is 16.5. The fraction of sp³-hybridized carbons (Fsp3) is 0.471. The number of imide groups is 1. The normalized spacial score (nSPS) is 17.9. The predicted octanol–water partition coefficient (Wildman–Crippen LogP) is 0.818. The molecule has 1 aromatic carbocycles. The van der Waals surface area contributed by atoms with E-state index in [4.69, 9.17) is 4.74 Å². The van der Waals surface area contributed by atoms with Crippen molar-refractivity contribution < 1.29 is 19.1 Å². The molecule has 1 atom stereocenters. The van der Waals surface area contributed by atoms with Crippen LogP contribution in [0.5, 0.6) is 5.75 Å². The van der Waals surface area contributed by atoms with E-state index in [1.165, 1.54) is 5.56 Å². The summed E-state index contributed by atoms with van der Waals surface area (Å²) in [7, 11) is 0. The molecule has 0 bridgehead atoms. The lowest BCUT2D eigenvalue weighted by atomic mass is 10.0. The van der Waals surface area contributed by atoms with Crippen LogP contribution in [0.15, 0.2) is 18.2 Å². The van der Waals surface area contributed by atoms with Crippen molar-refractivity contribution in [3.05, 3.63) is 29.3 Å². The van der Waals surface area contributed by atoms with Gasteiger partial charge < -0.3 is 10.1 Å². The summed E-state index contributed by atoms with van der Waals surface area (Å²) in [6.07, 6.45) is 2.03. The lowest BCUT2D eigenvalue weighted by Crippen LogP contribution is -2.43. The molecule has 23 heavy (non-hydrogen) atoms. The van der Waals surface area contributed by atoms with E-state index >= 15 is 0 Å². The molecule has 2 aliphatic heterocycles. The van der Waals surface area contributed by atoms with Crippen LogP contribution in [0.25, 0.3) is 0 Å². The van der Waals surface area contributed by atoms with Crippen LogP contribution in [0.4, 0.5) is 0 Å². The van der Waals surface area contributed by atoms with Gasteiger partial charge in [0.15, 0.2) is 0 Å². The molecule has 0 aromatic heterocycles. The Bertz CT molecular complexity index is 640. The number of rotatable bonds is 5. The van der Waals surface area contributed by atoms with Gasteiger partial charge in [-0.05, 0) is 30.5 Å². The first-order chi connectivity index (χ1) is 11.0. The number of carbonyl (C=O) groups is 3. The van der Waals surface area contributed by atoms with E-state index in [9.17, 15) is 14.4 Å². The summed E-state index contributed by atoms with van der Waals surface area (Å²) < 4.78 is 5.48. The maximum atomic E-state index is 12.0. The average Bonchev–Trinajstić information content (AvgIpc) is 3.08. The minimum absolute atomic E-state index is 0.0734. The van der Waals surface area contributed by atoms with Gasteiger partial charge in [-0.1, -0.05) is 12.1 Å². The molecule has 6 heteroatoms. The van der Waals surface area contributed by atoms with E-state index in [0.717, 1.165) is 29.2 Å². The van der Waals surface area contributed by atoms with Crippen LogP contribution in [0.2, 0.25) is 0 Å². The summed E-state index contributed by atoms with van der Waals surface area (Å²) >= 11 is 0. The first-order valence-electron chi connectivity index (χ1n) is 7.90. The van der Waals surface area contributed by atoms with Gasteiger partial charge in [0, 0.05) is 25.3 Å². The summed E-state index contributed by atoms with van der Waals surface area (Å²) in [5.41, 5.74) is 2.34. The summed E-state index contributed by atoms with van der Waals surface area (Å²) in [6.45, 7) is 2.46. The SMILES string of the molecule is C[C@@H](Cc1ccc2c(c1)CCO2)NC(=O)CN1C(=O)CCC1=O. The van der Waals surface area contributed by atoms with Crippen molar-refractivity contribution in [1.82, 2.24) is 10.2 Å². The molecule has 1 saturated heterocycles. The molecular formula is C17H20N2O4. The van der Waals surface area contributed by atoms with Gasteiger partial charge in [-0.15, -0.1) is 0 Å².